The molecule has 1 atom stereocenters. The number of carbonyl (C=O) groups is 2. The Balaban J connectivity index is 1.99. The van der Waals surface area contributed by atoms with Gasteiger partial charge in [0.2, 0.25) is 0 Å². The fourth-order valence-electron chi connectivity index (χ4n) is 2.22. The van der Waals surface area contributed by atoms with Crippen molar-refractivity contribution in [2.24, 2.45) is 0 Å². The molecule has 0 fully saturated rings. The third-order valence-electron chi connectivity index (χ3n) is 3.48. The molecule has 0 bridgehead atoms. The minimum absolute atomic E-state index is 0.224. The molecule has 0 aliphatic heterocycles. The van der Waals surface area contributed by atoms with Gasteiger partial charge in [0.25, 0.3) is 0 Å². The fraction of sp³-hybridized carbons (Fsp3) is 0.222. The first-order valence-corrected chi connectivity index (χ1v) is 7.21. The van der Waals surface area contributed by atoms with E-state index in [4.69, 9.17) is 0 Å². The highest BCUT2D eigenvalue weighted by Gasteiger charge is 2.17. The van der Waals surface area contributed by atoms with Crippen LogP contribution in [-0.2, 0) is 9.59 Å². The number of rotatable bonds is 3. The van der Waals surface area contributed by atoms with Crippen LogP contribution in [0.15, 0.2) is 48.5 Å². The Morgan fingerprint density at radius 3 is 2.27 bits per heavy atom. The van der Waals surface area contributed by atoms with Crippen molar-refractivity contribution in [1.82, 2.24) is 5.32 Å². The molecule has 4 heteroatoms. The van der Waals surface area contributed by atoms with Gasteiger partial charge in [-0.1, -0.05) is 48.0 Å². The van der Waals surface area contributed by atoms with E-state index < -0.39 is 11.8 Å². The number of nitrogens with one attached hydrogen (secondary N) is 2. The molecule has 0 saturated carbocycles. The van der Waals surface area contributed by atoms with Gasteiger partial charge in [0.05, 0.1) is 6.04 Å². The van der Waals surface area contributed by atoms with Gasteiger partial charge in [0.1, 0.15) is 0 Å². The minimum atomic E-state index is -0.658. The van der Waals surface area contributed by atoms with E-state index in [0.29, 0.717) is 5.69 Å². The third kappa shape index (κ3) is 3.95. The van der Waals surface area contributed by atoms with Gasteiger partial charge in [-0.25, -0.2) is 0 Å². The van der Waals surface area contributed by atoms with Crippen molar-refractivity contribution in [3.05, 3.63) is 65.2 Å². The van der Waals surface area contributed by atoms with Crippen LogP contribution in [0.1, 0.15) is 29.7 Å². The molecule has 2 amide bonds. The van der Waals surface area contributed by atoms with Gasteiger partial charge >= 0.3 is 11.8 Å². The second-order valence-corrected chi connectivity index (χ2v) is 5.38. The molecule has 114 valence electrons. The Hall–Kier alpha value is -2.62. The molecule has 2 N–H and O–H groups in total. The number of carbonyl (C=O) groups excluding carboxylic acids is 2. The summed E-state index contributed by atoms with van der Waals surface area (Å²) in [6.07, 6.45) is 0. The van der Waals surface area contributed by atoms with Gasteiger partial charge in [-0.2, -0.15) is 0 Å². The summed E-state index contributed by atoms with van der Waals surface area (Å²) in [7, 11) is 0. The molecule has 22 heavy (non-hydrogen) atoms. The van der Waals surface area contributed by atoms with Gasteiger partial charge in [-0.05, 0) is 38.0 Å². The van der Waals surface area contributed by atoms with E-state index >= 15 is 0 Å². The van der Waals surface area contributed by atoms with Crippen LogP contribution in [0, 0.1) is 13.8 Å². The van der Waals surface area contributed by atoms with Crippen LogP contribution >= 0.6 is 0 Å². The Kier molecular flexibility index (Phi) is 4.94. The van der Waals surface area contributed by atoms with Crippen LogP contribution in [0.25, 0.3) is 0 Å². The Bertz CT molecular complexity index is 681. The number of hydrogen-bond acceptors (Lipinski definition) is 2. The predicted molar refractivity (Wildman–Crippen MR) is 87.5 cm³/mol. The fourth-order valence-corrected chi connectivity index (χ4v) is 2.22. The van der Waals surface area contributed by atoms with Crippen LogP contribution < -0.4 is 10.6 Å². The third-order valence-corrected chi connectivity index (χ3v) is 3.48. The van der Waals surface area contributed by atoms with E-state index in [0.717, 1.165) is 16.7 Å². The maximum absolute atomic E-state index is 12.0. The monoisotopic (exact) mass is 296 g/mol. The van der Waals surface area contributed by atoms with Gasteiger partial charge in [-0.15, -0.1) is 0 Å². The number of aryl methyl sites for hydroxylation is 2. The molecule has 0 spiro atoms. The van der Waals surface area contributed by atoms with Crippen molar-refractivity contribution in [2.45, 2.75) is 26.8 Å². The lowest BCUT2D eigenvalue weighted by Gasteiger charge is -2.14. The van der Waals surface area contributed by atoms with Crippen LogP contribution in [0.2, 0.25) is 0 Å². The summed E-state index contributed by atoms with van der Waals surface area (Å²) in [4.78, 5) is 24.0. The van der Waals surface area contributed by atoms with E-state index in [1.807, 2.05) is 63.2 Å². The quantitative estimate of drug-likeness (QED) is 0.855. The van der Waals surface area contributed by atoms with Crippen molar-refractivity contribution in [3.8, 4) is 0 Å². The normalized spacial score (nSPS) is 11.6. The average molecular weight is 296 g/mol. The van der Waals surface area contributed by atoms with Gasteiger partial charge < -0.3 is 10.6 Å². The van der Waals surface area contributed by atoms with E-state index in [1.54, 1.807) is 6.07 Å². The second-order valence-electron chi connectivity index (χ2n) is 5.38. The molecule has 0 saturated heterocycles. The molecule has 0 aliphatic carbocycles. The van der Waals surface area contributed by atoms with Crippen LogP contribution in [0.4, 0.5) is 5.69 Å². The molecule has 0 aromatic heterocycles. The number of amides is 2. The summed E-state index contributed by atoms with van der Waals surface area (Å²) >= 11 is 0. The number of benzene rings is 2. The highest BCUT2D eigenvalue weighted by Crippen LogP contribution is 2.16. The van der Waals surface area contributed by atoms with Crippen molar-refractivity contribution in [1.29, 1.82) is 0 Å². The van der Waals surface area contributed by atoms with E-state index in [1.165, 1.54) is 0 Å². The summed E-state index contributed by atoms with van der Waals surface area (Å²) in [6, 6.07) is 15.0. The van der Waals surface area contributed by atoms with Gasteiger partial charge in [0.15, 0.2) is 0 Å². The topological polar surface area (TPSA) is 58.2 Å². The molecular formula is C18H20N2O2. The number of anilines is 1. The Morgan fingerprint density at radius 1 is 0.955 bits per heavy atom. The largest absolute Gasteiger partial charge is 0.341 e. The molecule has 2 aromatic rings. The summed E-state index contributed by atoms with van der Waals surface area (Å²) in [5, 5.41) is 5.34. The lowest BCUT2D eigenvalue weighted by atomic mass is 10.1. The summed E-state index contributed by atoms with van der Waals surface area (Å²) in [6.45, 7) is 5.72. The molecular weight excluding hydrogens is 276 g/mol. The molecule has 2 rings (SSSR count). The maximum atomic E-state index is 12.0. The molecule has 0 unspecified atom stereocenters. The Labute approximate surface area is 130 Å². The Morgan fingerprint density at radius 2 is 1.64 bits per heavy atom. The number of hydrogen-bond donors (Lipinski definition) is 2. The second kappa shape index (κ2) is 6.89. The van der Waals surface area contributed by atoms with Crippen LogP contribution in [-0.4, -0.2) is 11.8 Å². The zero-order valence-electron chi connectivity index (χ0n) is 13.0. The SMILES string of the molecule is Cc1ccc(NC(=O)C(=O)N[C@@H](C)c2ccccc2)c(C)c1. The van der Waals surface area contributed by atoms with Crippen molar-refractivity contribution >= 4 is 17.5 Å². The smallest absolute Gasteiger partial charge is 0.313 e. The molecule has 0 radical (unpaired) electrons. The summed E-state index contributed by atoms with van der Waals surface area (Å²) < 4.78 is 0. The summed E-state index contributed by atoms with van der Waals surface area (Å²) in [5.41, 5.74) is 3.64. The zero-order chi connectivity index (χ0) is 16.1. The average Bonchev–Trinajstić information content (AvgIpc) is 2.50. The summed E-state index contributed by atoms with van der Waals surface area (Å²) in [5.74, 6) is -1.30. The van der Waals surface area contributed by atoms with Crippen molar-refractivity contribution in [2.75, 3.05) is 5.32 Å². The molecule has 0 heterocycles. The first-order valence-electron chi connectivity index (χ1n) is 7.21. The first kappa shape index (κ1) is 15.8. The van der Waals surface area contributed by atoms with E-state index in [-0.39, 0.29) is 6.04 Å². The van der Waals surface area contributed by atoms with Gasteiger partial charge in [0, 0.05) is 5.69 Å². The predicted octanol–water partition coefficient (Wildman–Crippen LogP) is 3.12. The highest BCUT2D eigenvalue weighted by atomic mass is 16.2. The van der Waals surface area contributed by atoms with Crippen LogP contribution in [0.3, 0.4) is 0 Å². The lowest BCUT2D eigenvalue weighted by molar-refractivity contribution is -0.136. The van der Waals surface area contributed by atoms with E-state index in [9.17, 15) is 9.59 Å². The minimum Gasteiger partial charge on any atom is -0.341 e. The first-order chi connectivity index (χ1) is 10.5. The zero-order valence-corrected chi connectivity index (χ0v) is 13.0. The standard InChI is InChI=1S/C18H20N2O2/c1-12-9-10-16(13(2)11-12)20-18(22)17(21)19-14(3)15-7-5-4-6-8-15/h4-11,14H,1-3H3,(H,19,21)(H,20,22)/t14-/m0/s1. The van der Waals surface area contributed by atoms with Gasteiger partial charge in [-0.3, -0.25) is 9.59 Å². The van der Waals surface area contributed by atoms with Crippen molar-refractivity contribution in [3.63, 3.8) is 0 Å². The maximum Gasteiger partial charge on any atom is 0.313 e. The van der Waals surface area contributed by atoms with E-state index in [2.05, 4.69) is 10.6 Å². The van der Waals surface area contributed by atoms with Crippen molar-refractivity contribution < 1.29 is 9.59 Å². The molecule has 0 aliphatic rings. The lowest BCUT2D eigenvalue weighted by Crippen LogP contribution is -2.37. The van der Waals surface area contributed by atoms with Crippen LogP contribution in [0.5, 0.6) is 0 Å². The highest BCUT2D eigenvalue weighted by molar-refractivity contribution is 6.39. The molecule has 4 nitrogen and oxygen atoms in total. The molecule has 2 aromatic carbocycles.